The molecule has 2 heterocycles. The molecule has 0 bridgehead atoms. The van der Waals surface area contributed by atoms with Crippen LogP contribution in [0.15, 0.2) is 70.9 Å². The molecule has 0 saturated heterocycles. The van der Waals surface area contributed by atoms with Crippen molar-refractivity contribution in [3.63, 3.8) is 0 Å². The van der Waals surface area contributed by atoms with Gasteiger partial charge in [-0.05, 0) is 60.7 Å². The standard InChI is InChI=1S/C27H24BrNO3/c1-18-13-23-22(16-29(17-31-23)12-6-10-19-7-3-2-4-8-19)27-25(18)26(30)24(32-27)15-20-9-5-11-21(28)14-20/h2-5,7-9,11,13-15H,6,10,12,16-17H2,1H3/b24-15-. The lowest BCUT2D eigenvalue weighted by Crippen LogP contribution is -2.33. The molecule has 0 spiro atoms. The van der Waals surface area contributed by atoms with Crippen LogP contribution in [0.1, 0.15) is 39.0 Å². The fourth-order valence-corrected chi connectivity index (χ4v) is 4.74. The van der Waals surface area contributed by atoms with Gasteiger partial charge in [-0.3, -0.25) is 9.69 Å². The van der Waals surface area contributed by atoms with Crippen molar-refractivity contribution in [3.8, 4) is 11.5 Å². The van der Waals surface area contributed by atoms with Gasteiger partial charge in [-0.1, -0.05) is 58.4 Å². The van der Waals surface area contributed by atoms with Crippen molar-refractivity contribution >= 4 is 27.8 Å². The number of hydrogen-bond acceptors (Lipinski definition) is 4. The molecule has 0 saturated carbocycles. The molecule has 0 radical (unpaired) electrons. The van der Waals surface area contributed by atoms with Gasteiger partial charge in [-0.2, -0.15) is 0 Å². The molecule has 5 rings (SSSR count). The normalized spacial score (nSPS) is 16.4. The second-order valence-corrected chi connectivity index (χ2v) is 9.20. The highest BCUT2D eigenvalue weighted by Crippen LogP contribution is 2.44. The zero-order valence-electron chi connectivity index (χ0n) is 17.9. The molecule has 0 aliphatic carbocycles. The van der Waals surface area contributed by atoms with Crippen molar-refractivity contribution in [3.05, 3.63) is 98.7 Å². The molecular weight excluding hydrogens is 466 g/mol. The van der Waals surface area contributed by atoms with Crippen molar-refractivity contribution in [2.24, 2.45) is 0 Å². The molecule has 3 aromatic rings. The van der Waals surface area contributed by atoms with Gasteiger partial charge in [0.15, 0.2) is 5.76 Å². The predicted octanol–water partition coefficient (Wildman–Crippen LogP) is 6.16. The third-order valence-corrected chi connectivity index (χ3v) is 6.41. The molecule has 0 N–H and O–H groups in total. The summed E-state index contributed by atoms with van der Waals surface area (Å²) in [4.78, 5) is 15.4. The number of allylic oxidation sites excluding steroid dienone is 1. The Morgan fingerprint density at radius 3 is 2.75 bits per heavy atom. The molecular formula is C27H24BrNO3. The zero-order valence-corrected chi connectivity index (χ0v) is 19.5. The van der Waals surface area contributed by atoms with E-state index in [0.29, 0.717) is 30.3 Å². The average Bonchev–Trinajstić information content (AvgIpc) is 3.12. The minimum absolute atomic E-state index is 0.0681. The molecule has 5 heteroatoms. The average molecular weight is 490 g/mol. The fraction of sp³-hybridized carbons (Fsp3) is 0.222. The van der Waals surface area contributed by atoms with E-state index in [2.05, 4.69) is 45.1 Å². The molecule has 0 fully saturated rings. The second kappa shape index (κ2) is 8.93. The van der Waals surface area contributed by atoms with Crippen molar-refractivity contribution in [2.75, 3.05) is 13.3 Å². The summed E-state index contributed by atoms with van der Waals surface area (Å²) in [5.41, 5.74) is 4.76. The molecule has 0 amide bonds. The summed E-state index contributed by atoms with van der Waals surface area (Å²) in [6.45, 7) is 4.13. The van der Waals surface area contributed by atoms with Crippen LogP contribution in [-0.2, 0) is 13.0 Å². The van der Waals surface area contributed by atoms with Crippen LogP contribution < -0.4 is 9.47 Å². The van der Waals surface area contributed by atoms with Crippen LogP contribution in [0.3, 0.4) is 0 Å². The van der Waals surface area contributed by atoms with E-state index in [9.17, 15) is 4.79 Å². The van der Waals surface area contributed by atoms with Crippen LogP contribution in [0.25, 0.3) is 6.08 Å². The lowest BCUT2D eigenvalue weighted by Gasteiger charge is -2.30. The van der Waals surface area contributed by atoms with Gasteiger partial charge in [-0.25, -0.2) is 0 Å². The number of rotatable bonds is 5. The van der Waals surface area contributed by atoms with E-state index in [0.717, 1.165) is 46.3 Å². The van der Waals surface area contributed by atoms with Crippen LogP contribution in [0.2, 0.25) is 0 Å². The molecule has 2 aliphatic heterocycles. The Morgan fingerprint density at radius 2 is 1.94 bits per heavy atom. The van der Waals surface area contributed by atoms with Gasteiger partial charge in [0.2, 0.25) is 5.78 Å². The van der Waals surface area contributed by atoms with Crippen LogP contribution in [0.5, 0.6) is 11.5 Å². The SMILES string of the molecule is Cc1cc2c(c3c1C(=O)/C(=C/c1cccc(Br)c1)O3)CN(CCCc1ccccc1)CO2. The summed E-state index contributed by atoms with van der Waals surface area (Å²) >= 11 is 3.48. The third kappa shape index (κ3) is 4.23. The van der Waals surface area contributed by atoms with E-state index in [1.165, 1.54) is 5.56 Å². The third-order valence-electron chi connectivity index (χ3n) is 5.92. The zero-order chi connectivity index (χ0) is 22.1. The summed E-state index contributed by atoms with van der Waals surface area (Å²) < 4.78 is 13.2. The Morgan fingerprint density at radius 1 is 1.09 bits per heavy atom. The maximum atomic E-state index is 13.1. The van der Waals surface area contributed by atoms with Crippen molar-refractivity contribution < 1.29 is 14.3 Å². The van der Waals surface area contributed by atoms with Crippen LogP contribution in [0.4, 0.5) is 0 Å². The number of fused-ring (bicyclic) bond motifs is 3. The Hall–Kier alpha value is -2.89. The van der Waals surface area contributed by atoms with Crippen molar-refractivity contribution in [1.29, 1.82) is 0 Å². The van der Waals surface area contributed by atoms with E-state index in [-0.39, 0.29) is 5.78 Å². The largest absolute Gasteiger partial charge is 0.478 e. The van der Waals surface area contributed by atoms with Gasteiger partial charge >= 0.3 is 0 Å². The van der Waals surface area contributed by atoms with Gasteiger partial charge in [0, 0.05) is 17.6 Å². The molecule has 0 atom stereocenters. The molecule has 162 valence electrons. The minimum atomic E-state index is -0.0681. The summed E-state index contributed by atoms with van der Waals surface area (Å²) in [6.07, 6.45) is 3.88. The fourth-order valence-electron chi connectivity index (χ4n) is 4.32. The van der Waals surface area contributed by atoms with E-state index in [4.69, 9.17) is 9.47 Å². The lowest BCUT2D eigenvalue weighted by atomic mass is 9.98. The monoisotopic (exact) mass is 489 g/mol. The van der Waals surface area contributed by atoms with E-state index in [1.807, 2.05) is 43.3 Å². The van der Waals surface area contributed by atoms with E-state index < -0.39 is 0 Å². The molecule has 0 unspecified atom stereocenters. The number of benzene rings is 3. The van der Waals surface area contributed by atoms with Crippen molar-refractivity contribution in [2.45, 2.75) is 26.3 Å². The van der Waals surface area contributed by atoms with Gasteiger partial charge < -0.3 is 9.47 Å². The minimum Gasteiger partial charge on any atom is -0.478 e. The number of Topliss-reactive ketones (excluding diaryl/α,β-unsaturated/α-hetero) is 1. The van der Waals surface area contributed by atoms with Crippen molar-refractivity contribution in [1.82, 2.24) is 4.90 Å². The summed E-state index contributed by atoms with van der Waals surface area (Å²) in [7, 11) is 0. The second-order valence-electron chi connectivity index (χ2n) is 8.28. The predicted molar refractivity (Wildman–Crippen MR) is 129 cm³/mol. The van der Waals surface area contributed by atoms with Gasteiger partial charge in [0.1, 0.15) is 18.2 Å². The Kier molecular flexibility index (Phi) is 5.85. The maximum absolute atomic E-state index is 13.1. The number of carbonyl (C=O) groups excluding carboxylic acids is 1. The number of carbonyl (C=O) groups is 1. The molecule has 4 nitrogen and oxygen atoms in total. The number of ether oxygens (including phenoxy) is 2. The number of ketones is 1. The summed E-state index contributed by atoms with van der Waals surface area (Å²) in [6, 6.07) is 20.3. The Balaban J connectivity index is 1.36. The highest BCUT2D eigenvalue weighted by molar-refractivity contribution is 9.10. The molecule has 32 heavy (non-hydrogen) atoms. The first kappa shape index (κ1) is 21.0. The lowest BCUT2D eigenvalue weighted by molar-refractivity contribution is 0.0928. The first-order valence-electron chi connectivity index (χ1n) is 10.8. The number of nitrogens with zero attached hydrogens (tertiary/aromatic N) is 1. The first-order chi connectivity index (χ1) is 15.6. The molecule has 3 aromatic carbocycles. The van der Waals surface area contributed by atoms with Gasteiger partial charge in [0.05, 0.1) is 11.1 Å². The Bertz CT molecular complexity index is 1200. The van der Waals surface area contributed by atoms with Crippen LogP contribution in [-0.4, -0.2) is 24.0 Å². The number of halogens is 1. The quantitative estimate of drug-likeness (QED) is 0.402. The highest BCUT2D eigenvalue weighted by Gasteiger charge is 2.35. The summed E-state index contributed by atoms with van der Waals surface area (Å²) in [5.74, 6) is 1.76. The maximum Gasteiger partial charge on any atom is 0.232 e. The molecule has 0 aromatic heterocycles. The topological polar surface area (TPSA) is 38.8 Å². The molecule has 2 aliphatic rings. The highest BCUT2D eigenvalue weighted by atomic mass is 79.9. The van der Waals surface area contributed by atoms with E-state index in [1.54, 1.807) is 6.08 Å². The smallest absolute Gasteiger partial charge is 0.232 e. The number of aryl methyl sites for hydroxylation is 2. The van der Waals surface area contributed by atoms with Crippen LogP contribution in [0, 0.1) is 6.92 Å². The number of hydrogen-bond donors (Lipinski definition) is 0. The Labute approximate surface area is 196 Å². The van der Waals surface area contributed by atoms with Crippen LogP contribution >= 0.6 is 15.9 Å². The summed E-state index contributed by atoms with van der Waals surface area (Å²) in [5, 5.41) is 0. The van der Waals surface area contributed by atoms with Gasteiger partial charge in [0.25, 0.3) is 0 Å². The first-order valence-corrected chi connectivity index (χ1v) is 11.6. The van der Waals surface area contributed by atoms with E-state index >= 15 is 0 Å². The van der Waals surface area contributed by atoms with Gasteiger partial charge in [-0.15, -0.1) is 0 Å².